The highest BCUT2D eigenvalue weighted by molar-refractivity contribution is 6.22. The van der Waals surface area contributed by atoms with Gasteiger partial charge in [-0.3, -0.25) is 0 Å². The fourth-order valence-electron chi connectivity index (χ4n) is 5.68. The Hall–Kier alpha value is -3.91. The largest absolute Gasteiger partial charge is 0.355 e. The molecule has 1 aliphatic heterocycles. The van der Waals surface area contributed by atoms with Crippen molar-refractivity contribution >= 4 is 29.6 Å². The Balaban J connectivity index is 1.62. The van der Waals surface area contributed by atoms with Crippen molar-refractivity contribution in [1.29, 1.82) is 0 Å². The topological polar surface area (TPSA) is 28.1 Å². The molecule has 0 radical (unpaired) electrons. The summed E-state index contributed by atoms with van der Waals surface area (Å²) in [6, 6.07) is 26.1. The van der Waals surface area contributed by atoms with E-state index >= 15 is 0 Å². The van der Waals surface area contributed by atoms with Gasteiger partial charge in [-0.25, -0.2) is 4.99 Å². The van der Waals surface area contributed by atoms with Gasteiger partial charge in [0, 0.05) is 28.1 Å². The van der Waals surface area contributed by atoms with Crippen LogP contribution in [0.1, 0.15) is 109 Å². The predicted molar refractivity (Wildman–Crippen MR) is 169 cm³/mol. The number of hydrogen-bond donors (Lipinski definition) is 1. The molecule has 2 nitrogen and oxygen atoms in total. The third kappa shape index (κ3) is 5.34. The van der Waals surface area contributed by atoms with Gasteiger partial charge in [0.1, 0.15) is 0 Å². The van der Waals surface area contributed by atoms with E-state index in [2.05, 4.69) is 138 Å². The predicted octanol–water partition coefficient (Wildman–Crippen LogP) is 9.91. The molecular weight excluding hydrogens is 472 g/mol. The molecular formula is C37H40N2. The molecule has 0 saturated carbocycles. The Kier molecular flexibility index (Phi) is 7.84. The quantitative estimate of drug-likeness (QED) is 0.243. The van der Waals surface area contributed by atoms with E-state index in [0.717, 1.165) is 29.9 Å². The molecule has 0 atom stereocenters. The van der Waals surface area contributed by atoms with E-state index in [1.54, 1.807) is 0 Å². The van der Waals surface area contributed by atoms with Gasteiger partial charge in [0.15, 0.2) is 0 Å². The number of fused-ring (bicyclic) bond motifs is 1. The normalized spacial score (nSPS) is 14.2. The van der Waals surface area contributed by atoms with Gasteiger partial charge in [-0.2, -0.15) is 0 Å². The standard InChI is InChI=1S/C37H40N2/c1-7-28-29(8-2)35(38-34(28)21-18-26-14-10-9-11-15-26)23-36-30-16-12-13-17-31(30)37(39-36)32-20-19-27(24(3)4)22-33(32)25(5)6/h9-25,38H,7-8H2,1-6H3/b21-18+,36-23-. The van der Waals surface area contributed by atoms with Crippen LogP contribution in [0.15, 0.2) is 77.8 Å². The molecule has 1 N–H and O–H groups in total. The molecule has 3 aromatic carbocycles. The summed E-state index contributed by atoms with van der Waals surface area (Å²) >= 11 is 0. The van der Waals surface area contributed by atoms with Gasteiger partial charge in [0.05, 0.1) is 11.4 Å². The Morgan fingerprint density at radius 3 is 2.03 bits per heavy atom. The van der Waals surface area contributed by atoms with E-state index < -0.39 is 0 Å². The number of benzene rings is 3. The fourth-order valence-corrected chi connectivity index (χ4v) is 5.68. The number of H-pyrrole nitrogens is 1. The van der Waals surface area contributed by atoms with Crippen LogP contribution in [0.2, 0.25) is 0 Å². The summed E-state index contributed by atoms with van der Waals surface area (Å²) in [7, 11) is 0. The number of rotatable bonds is 8. The molecule has 2 heteroatoms. The van der Waals surface area contributed by atoms with Crippen molar-refractivity contribution in [2.45, 2.75) is 66.2 Å². The second kappa shape index (κ2) is 11.5. The molecule has 0 amide bonds. The molecule has 0 saturated heterocycles. The molecule has 2 heterocycles. The molecule has 5 rings (SSSR count). The van der Waals surface area contributed by atoms with Crippen molar-refractivity contribution in [3.05, 3.63) is 129 Å². The molecule has 0 unspecified atom stereocenters. The molecule has 39 heavy (non-hydrogen) atoms. The highest BCUT2D eigenvalue weighted by atomic mass is 14.8. The number of hydrogen-bond acceptors (Lipinski definition) is 1. The van der Waals surface area contributed by atoms with Gasteiger partial charge in [-0.15, -0.1) is 0 Å². The van der Waals surface area contributed by atoms with Gasteiger partial charge >= 0.3 is 0 Å². The van der Waals surface area contributed by atoms with Crippen LogP contribution >= 0.6 is 0 Å². The summed E-state index contributed by atoms with van der Waals surface area (Å²) < 4.78 is 0. The molecule has 0 bridgehead atoms. The Bertz CT molecular complexity index is 1560. The zero-order valence-corrected chi connectivity index (χ0v) is 24.2. The van der Waals surface area contributed by atoms with Gasteiger partial charge in [0.25, 0.3) is 0 Å². The number of aromatic nitrogens is 1. The third-order valence-electron chi connectivity index (χ3n) is 7.82. The minimum atomic E-state index is 0.419. The van der Waals surface area contributed by atoms with Crippen LogP contribution in [-0.2, 0) is 12.8 Å². The first-order valence-corrected chi connectivity index (χ1v) is 14.4. The highest BCUT2D eigenvalue weighted by Crippen LogP contribution is 2.37. The highest BCUT2D eigenvalue weighted by Gasteiger charge is 2.25. The average molecular weight is 513 g/mol. The van der Waals surface area contributed by atoms with Gasteiger partial charge < -0.3 is 4.98 Å². The van der Waals surface area contributed by atoms with Crippen LogP contribution in [0.4, 0.5) is 0 Å². The van der Waals surface area contributed by atoms with Gasteiger partial charge in [-0.05, 0) is 64.6 Å². The second-order valence-corrected chi connectivity index (χ2v) is 11.1. The fraction of sp³-hybridized carbons (Fsp3) is 0.270. The van der Waals surface area contributed by atoms with Crippen molar-refractivity contribution in [2.24, 2.45) is 4.99 Å². The molecule has 198 valence electrons. The Morgan fingerprint density at radius 1 is 0.692 bits per heavy atom. The van der Waals surface area contributed by atoms with Gasteiger partial charge in [-0.1, -0.05) is 120 Å². The zero-order valence-electron chi connectivity index (χ0n) is 24.2. The van der Waals surface area contributed by atoms with Crippen LogP contribution in [-0.4, -0.2) is 10.7 Å². The van der Waals surface area contributed by atoms with E-state index in [0.29, 0.717) is 11.8 Å². The lowest BCUT2D eigenvalue weighted by molar-refractivity contribution is 0.832. The molecule has 4 aromatic rings. The lowest BCUT2D eigenvalue weighted by Gasteiger charge is -2.17. The van der Waals surface area contributed by atoms with Gasteiger partial charge in [0.2, 0.25) is 0 Å². The molecule has 0 aliphatic carbocycles. The first-order chi connectivity index (χ1) is 18.9. The monoisotopic (exact) mass is 512 g/mol. The van der Waals surface area contributed by atoms with E-state index in [1.807, 2.05) is 0 Å². The summed E-state index contributed by atoms with van der Waals surface area (Å²) in [5.41, 5.74) is 14.8. The molecule has 0 fully saturated rings. The van der Waals surface area contributed by atoms with E-state index in [1.165, 1.54) is 50.2 Å². The van der Waals surface area contributed by atoms with E-state index in [-0.39, 0.29) is 0 Å². The Morgan fingerprint density at radius 2 is 1.36 bits per heavy atom. The summed E-state index contributed by atoms with van der Waals surface area (Å²) in [6.07, 6.45) is 8.64. The van der Waals surface area contributed by atoms with Crippen molar-refractivity contribution in [3.8, 4) is 0 Å². The molecule has 1 aliphatic rings. The summed E-state index contributed by atoms with van der Waals surface area (Å²) in [5, 5.41) is 0. The van der Waals surface area contributed by atoms with Crippen molar-refractivity contribution in [2.75, 3.05) is 0 Å². The molecule has 1 aromatic heterocycles. The van der Waals surface area contributed by atoms with Crippen molar-refractivity contribution in [1.82, 2.24) is 4.98 Å². The number of aromatic amines is 1. The van der Waals surface area contributed by atoms with Crippen LogP contribution in [0.3, 0.4) is 0 Å². The van der Waals surface area contributed by atoms with Crippen LogP contribution in [0, 0.1) is 0 Å². The summed E-state index contributed by atoms with van der Waals surface area (Å²) in [4.78, 5) is 9.06. The second-order valence-electron chi connectivity index (χ2n) is 11.1. The number of nitrogens with one attached hydrogen (secondary N) is 1. The van der Waals surface area contributed by atoms with Crippen LogP contribution in [0.25, 0.3) is 23.9 Å². The zero-order chi connectivity index (χ0) is 27.5. The van der Waals surface area contributed by atoms with Crippen LogP contribution in [0.5, 0.6) is 0 Å². The van der Waals surface area contributed by atoms with E-state index in [9.17, 15) is 0 Å². The first-order valence-electron chi connectivity index (χ1n) is 14.4. The minimum Gasteiger partial charge on any atom is -0.355 e. The maximum absolute atomic E-state index is 5.31. The summed E-state index contributed by atoms with van der Waals surface area (Å²) in [5.74, 6) is 0.922. The molecule has 0 spiro atoms. The minimum absolute atomic E-state index is 0.419. The first kappa shape index (κ1) is 26.7. The third-order valence-corrected chi connectivity index (χ3v) is 7.82. The maximum atomic E-state index is 5.31. The summed E-state index contributed by atoms with van der Waals surface area (Å²) in [6.45, 7) is 13.6. The SMILES string of the molecule is CCc1c(/C=C2\N=C(c3ccc(C(C)C)cc3C(C)C)c3ccccc32)[nH]c(/C=C/c2ccccc2)c1CC. The lowest BCUT2D eigenvalue weighted by atomic mass is 9.87. The number of aliphatic imine (C=N–C) groups is 1. The number of nitrogens with zero attached hydrogens (tertiary/aromatic N) is 1. The lowest BCUT2D eigenvalue weighted by Crippen LogP contribution is -2.07. The Labute approximate surface area is 234 Å². The van der Waals surface area contributed by atoms with Crippen LogP contribution < -0.4 is 0 Å². The average Bonchev–Trinajstić information content (AvgIpc) is 3.49. The van der Waals surface area contributed by atoms with Crippen molar-refractivity contribution in [3.63, 3.8) is 0 Å². The van der Waals surface area contributed by atoms with Crippen molar-refractivity contribution < 1.29 is 0 Å². The maximum Gasteiger partial charge on any atom is 0.0791 e. The smallest absolute Gasteiger partial charge is 0.0791 e. The van der Waals surface area contributed by atoms with E-state index in [4.69, 9.17) is 4.99 Å².